The molecule has 0 atom stereocenters. The fourth-order valence-corrected chi connectivity index (χ4v) is 1.64. The highest BCUT2D eigenvalue weighted by atomic mass is 19.1. The molecule has 0 radical (unpaired) electrons. The standard InChI is InChI=1S/C15H24FN3/c1-11(2)9-18-14(17)19-10-15(3,4)12-5-7-13(16)8-6-12/h5-8,11H,9-10H2,1-4H3,(H3,17,18,19). The predicted molar refractivity (Wildman–Crippen MR) is 78.8 cm³/mol. The van der Waals surface area contributed by atoms with Gasteiger partial charge in [-0.3, -0.25) is 4.99 Å². The van der Waals surface area contributed by atoms with Gasteiger partial charge in [0.25, 0.3) is 0 Å². The molecule has 4 heteroatoms. The summed E-state index contributed by atoms with van der Waals surface area (Å²) in [5.74, 6) is 0.768. The van der Waals surface area contributed by atoms with Gasteiger partial charge >= 0.3 is 0 Å². The third kappa shape index (κ3) is 5.28. The lowest BCUT2D eigenvalue weighted by Crippen LogP contribution is -2.35. The first kappa shape index (κ1) is 15.5. The van der Waals surface area contributed by atoms with Crippen molar-refractivity contribution in [2.24, 2.45) is 16.6 Å². The highest BCUT2D eigenvalue weighted by Gasteiger charge is 2.20. The summed E-state index contributed by atoms with van der Waals surface area (Å²) in [6.45, 7) is 9.74. The zero-order chi connectivity index (χ0) is 14.5. The molecule has 0 heterocycles. The molecule has 106 valence electrons. The van der Waals surface area contributed by atoms with E-state index in [1.807, 2.05) is 0 Å². The fourth-order valence-electron chi connectivity index (χ4n) is 1.64. The topological polar surface area (TPSA) is 50.4 Å². The molecule has 3 N–H and O–H groups in total. The number of nitrogens with one attached hydrogen (secondary N) is 1. The number of nitrogens with zero attached hydrogens (tertiary/aromatic N) is 1. The maximum atomic E-state index is 12.9. The summed E-state index contributed by atoms with van der Waals surface area (Å²) in [6, 6.07) is 6.54. The third-order valence-corrected chi connectivity index (χ3v) is 2.96. The summed E-state index contributed by atoms with van der Waals surface area (Å²) in [5, 5.41) is 3.08. The minimum atomic E-state index is -0.221. The summed E-state index contributed by atoms with van der Waals surface area (Å²) < 4.78 is 12.9. The smallest absolute Gasteiger partial charge is 0.188 e. The highest BCUT2D eigenvalue weighted by molar-refractivity contribution is 5.77. The van der Waals surface area contributed by atoms with Crippen molar-refractivity contribution in [2.75, 3.05) is 13.1 Å². The molecule has 0 aromatic heterocycles. The first-order valence-corrected chi connectivity index (χ1v) is 6.61. The van der Waals surface area contributed by atoms with Crippen LogP contribution in [0.2, 0.25) is 0 Å². The van der Waals surface area contributed by atoms with Crippen LogP contribution in [0.3, 0.4) is 0 Å². The van der Waals surface area contributed by atoms with Gasteiger partial charge < -0.3 is 11.1 Å². The van der Waals surface area contributed by atoms with Crippen LogP contribution in [0.15, 0.2) is 29.3 Å². The molecule has 0 aliphatic rings. The van der Waals surface area contributed by atoms with E-state index in [0.29, 0.717) is 18.4 Å². The van der Waals surface area contributed by atoms with Crippen LogP contribution < -0.4 is 11.1 Å². The van der Waals surface area contributed by atoms with Crippen LogP contribution in [-0.2, 0) is 5.41 Å². The van der Waals surface area contributed by atoms with Crippen molar-refractivity contribution in [3.63, 3.8) is 0 Å². The monoisotopic (exact) mass is 265 g/mol. The number of nitrogens with two attached hydrogens (primary N) is 1. The molecule has 0 fully saturated rings. The Kier molecular flexibility index (Phi) is 5.33. The molecule has 0 spiro atoms. The average molecular weight is 265 g/mol. The first-order valence-electron chi connectivity index (χ1n) is 6.61. The number of benzene rings is 1. The Hall–Kier alpha value is -1.58. The van der Waals surface area contributed by atoms with E-state index in [2.05, 4.69) is 38.0 Å². The van der Waals surface area contributed by atoms with Gasteiger partial charge in [-0.25, -0.2) is 4.39 Å². The summed E-state index contributed by atoms with van der Waals surface area (Å²) in [5.41, 5.74) is 6.69. The van der Waals surface area contributed by atoms with Gasteiger partial charge in [0.15, 0.2) is 5.96 Å². The molecular weight excluding hydrogens is 241 g/mol. The summed E-state index contributed by atoms with van der Waals surface area (Å²) in [4.78, 5) is 4.36. The van der Waals surface area contributed by atoms with Crippen molar-refractivity contribution in [1.29, 1.82) is 0 Å². The van der Waals surface area contributed by atoms with Gasteiger partial charge in [-0.05, 0) is 23.6 Å². The number of aliphatic imine (C=N–C) groups is 1. The molecule has 0 aliphatic heterocycles. The maximum Gasteiger partial charge on any atom is 0.188 e. The van der Waals surface area contributed by atoms with E-state index >= 15 is 0 Å². The maximum absolute atomic E-state index is 12.9. The van der Waals surface area contributed by atoms with Gasteiger partial charge in [-0.15, -0.1) is 0 Å². The normalized spacial score (nSPS) is 12.8. The molecule has 3 nitrogen and oxygen atoms in total. The molecule has 0 unspecified atom stereocenters. The van der Waals surface area contributed by atoms with Crippen LogP contribution in [0.1, 0.15) is 33.3 Å². The molecule has 1 aromatic carbocycles. The lowest BCUT2D eigenvalue weighted by atomic mass is 9.85. The zero-order valence-electron chi connectivity index (χ0n) is 12.2. The molecule has 0 saturated heterocycles. The van der Waals surface area contributed by atoms with Gasteiger partial charge in [0.1, 0.15) is 5.82 Å². The van der Waals surface area contributed by atoms with Crippen LogP contribution in [0, 0.1) is 11.7 Å². The van der Waals surface area contributed by atoms with Crippen LogP contribution in [0.25, 0.3) is 0 Å². The predicted octanol–water partition coefficient (Wildman–Crippen LogP) is 2.66. The third-order valence-electron chi connectivity index (χ3n) is 2.96. The van der Waals surface area contributed by atoms with Gasteiger partial charge in [0.2, 0.25) is 0 Å². The van der Waals surface area contributed by atoms with Crippen molar-refractivity contribution in [3.8, 4) is 0 Å². The zero-order valence-corrected chi connectivity index (χ0v) is 12.2. The lowest BCUT2D eigenvalue weighted by molar-refractivity contribution is 0.534. The Morgan fingerprint density at radius 1 is 1.32 bits per heavy atom. The van der Waals surface area contributed by atoms with Crippen molar-refractivity contribution in [1.82, 2.24) is 5.32 Å². The second kappa shape index (κ2) is 6.55. The van der Waals surface area contributed by atoms with Crippen molar-refractivity contribution < 1.29 is 4.39 Å². The van der Waals surface area contributed by atoms with Crippen molar-refractivity contribution in [3.05, 3.63) is 35.6 Å². The van der Waals surface area contributed by atoms with Crippen molar-refractivity contribution in [2.45, 2.75) is 33.1 Å². The Bertz CT molecular complexity index is 422. The molecule has 1 rings (SSSR count). The van der Waals surface area contributed by atoms with Crippen LogP contribution in [0.5, 0.6) is 0 Å². The minimum absolute atomic E-state index is 0.169. The summed E-state index contributed by atoms with van der Waals surface area (Å²) in [6.07, 6.45) is 0. The first-order chi connectivity index (χ1) is 8.81. The Labute approximate surface area is 115 Å². The van der Waals surface area contributed by atoms with Gasteiger partial charge in [-0.1, -0.05) is 39.8 Å². The largest absolute Gasteiger partial charge is 0.370 e. The van der Waals surface area contributed by atoms with Crippen LogP contribution in [0.4, 0.5) is 4.39 Å². The van der Waals surface area contributed by atoms with Crippen LogP contribution in [-0.4, -0.2) is 19.0 Å². The Morgan fingerprint density at radius 2 is 1.89 bits per heavy atom. The molecule has 19 heavy (non-hydrogen) atoms. The van der Waals surface area contributed by atoms with E-state index in [9.17, 15) is 4.39 Å². The number of halogens is 1. The second-order valence-electron chi connectivity index (χ2n) is 5.87. The summed E-state index contributed by atoms with van der Waals surface area (Å²) >= 11 is 0. The minimum Gasteiger partial charge on any atom is -0.370 e. The molecule has 0 amide bonds. The molecule has 0 bridgehead atoms. The average Bonchev–Trinajstić information content (AvgIpc) is 2.34. The van der Waals surface area contributed by atoms with Crippen LogP contribution >= 0.6 is 0 Å². The number of guanidine groups is 1. The number of hydrogen-bond acceptors (Lipinski definition) is 1. The van der Waals surface area contributed by atoms with E-state index in [4.69, 9.17) is 5.73 Å². The fraction of sp³-hybridized carbons (Fsp3) is 0.533. The van der Waals surface area contributed by atoms with Crippen molar-refractivity contribution >= 4 is 5.96 Å². The Morgan fingerprint density at radius 3 is 2.42 bits per heavy atom. The van der Waals surface area contributed by atoms with E-state index < -0.39 is 0 Å². The van der Waals surface area contributed by atoms with E-state index in [0.717, 1.165) is 12.1 Å². The Balaban J connectivity index is 2.63. The van der Waals surface area contributed by atoms with E-state index in [1.54, 1.807) is 12.1 Å². The lowest BCUT2D eigenvalue weighted by Gasteiger charge is -2.23. The second-order valence-corrected chi connectivity index (χ2v) is 5.87. The van der Waals surface area contributed by atoms with Gasteiger partial charge in [0.05, 0.1) is 6.54 Å². The highest BCUT2D eigenvalue weighted by Crippen LogP contribution is 2.23. The van der Waals surface area contributed by atoms with E-state index in [1.165, 1.54) is 12.1 Å². The number of hydrogen-bond donors (Lipinski definition) is 2. The van der Waals surface area contributed by atoms with Gasteiger partial charge in [0, 0.05) is 12.0 Å². The summed E-state index contributed by atoms with van der Waals surface area (Å²) in [7, 11) is 0. The molecular formula is C15H24FN3. The quantitative estimate of drug-likeness (QED) is 0.635. The molecule has 1 aromatic rings. The number of rotatable bonds is 5. The molecule has 0 aliphatic carbocycles. The van der Waals surface area contributed by atoms with Gasteiger partial charge in [-0.2, -0.15) is 0 Å². The molecule has 0 saturated carbocycles. The SMILES string of the molecule is CC(C)CNC(N)=NCC(C)(C)c1ccc(F)cc1. The van der Waals surface area contributed by atoms with E-state index in [-0.39, 0.29) is 11.2 Å².